The maximum absolute atomic E-state index is 13.7. The summed E-state index contributed by atoms with van der Waals surface area (Å²) in [5.74, 6) is -0.303. The van der Waals surface area contributed by atoms with E-state index in [1.54, 1.807) is 35.1 Å². The van der Waals surface area contributed by atoms with E-state index < -0.39 is 6.10 Å². The number of benzene rings is 2. The third-order valence-corrected chi connectivity index (χ3v) is 3.39. The van der Waals surface area contributed by atoms with Crippen LogP contribution in [0.4, 0.5) is 4.39 Å². The Morgan fingerprint density at radius 3 is 2.48 bits per heavy atom. The fraction of sp³-hybridized carbons (Fsp3) is 0.118. The van der Waals surface area contributed by atoms with E-state index in [2.05, 4.69) is 5.10 Å². The molecule has 4 heteroatoms. The average molecular weight is 282 g/mol. The van der Waals surface area contributed by atoms with E-state index in [0.717, 1.165) is 5.69 Å². The molecule has 1 unspecified atom stereocenters. The molecule has 3 nitrogen and oxygen atoms in total. The van der Waals surface area contributed by atoms with Crippen LogP contribution in [-0.4, -0.2) is 14.9 Å². The zero-order chi connectivity index (χ0) is 14.7. The molecule has 0 amide bonds. The van der Waals surface area contributed by atoms with Gasteiger partial charge in [0, 0.05) is 12.6 Å². The molecule has 3 rings (SSSR count). The standard InChI is InChI=1S/C17H15FN2O/c18-15-9-5-4-6-13(15)12-17(21)16-10-11-19-20(16)14-7-2-1-3-8-14/h1-11,17,21H,12H2. The maximum Gasteiger partial charge on any atom is 0.126 e. The molecule has 0 radical (unpaired) electrons. The van der Waals surface area contributed by atoms with Crippen LogP contribution >= 0.6 is 0 Å². The number of aliphatic hydroxyl groups excluding tert-OH is 1. The van der Waals surface area contributed by atoms with Gasteiger partial charge in [-0.1, -0.05) is 36.4 Å². The Bertz CT molecular complexity index is 724. The molecule has 3 aromatic rings. The minimum Gasteiger partial charge on any atom is -0.386 e. The third-order valence-electron chi connectivity index (χ3n) is 3.39. The number of hydrogen-bond acceptors (Lipinski definition) is 2. The van der Waals surface area contributed by atoms with Gasteiger partial charge in [0.05, 0.1) is 11.4 Å². The smallest absolute Gasteiger partial charge is 0.126 e. The van der Waals surface area contributed by atoms with Gasteiger partial charge in [0.25, 0.3) is 0 Å². The highest BCUT2D eigenvalue weighted by Gasteiger charge is 2.16. The molecule has 0 saturated carbocycles. The van der Waals surface area contributed by atoms with E-state index in [9.17, 15) is 9.50 Å². The van der Waals surface area contributed by atoms with Crippen molar-refractivity contribution >= 4 is 0 Å². The first-order valence-electron chi connectivity index (χ1n) is 6.76. The second-order valence-electron chi connectivity index (χ2n) is 4.81. The van der Waals surface area contributed by atoms with Crippen LogP contribution in [0, 0.1) is 5.82 Å². The highest BCUT2D eigenvalue weighted by molar-refractivity contribution is 5.33. The lowest BCUT2D eigenvalue weighted by atomic mass is 10.1. The second-order valence-corrected chi connectivity index (χ2v) is 4.81. The van der Waals surface area contributed by atoms with Crippen LogP contribution in [-0.2, 0) is 6.42 Å². The van der Waals surface area contributed by atoms with Gasteiger partial charge in [-0.2, -0.15) is 5.10 Å². The van der Waals surface area contributed by atoms with Gasteiger partial charge in [0.2, 0.25) is 0 Å². The predicted octanol–water partition coefficient (Wildman–Crippen LogP) is 3.29. The molecule has 0 bridgehead atoms. The van der Waals surface area contributed by atoms with Gasteiger partial charge in [-0.05, 0) is 29.8 Å². The molecule has 2 aromatic carbocycles. The molecule has 0 aliphatic carbocycles. The lowest BCUT2D eigenvalue weighted by Gasteiger charge is -2.14. The minimum absolute atomic E-state index is 0.213. The van der Waals surface area contributed by atoms with Crippen molar-refractivity contribution < 1.29 is 9.50 Å². The molecule has 1 atom stereocenters. The fourth-order valence-electron chi connectivity index (χ4n) is 2.33. The molecule has 1 heterocycles. The SMILES string of the molecule is OC(Cc1ccccc1F)c1ccnn1-c1ccccc1. The van der Waals surface area contributed by atoms with Crippen molar-refractivity contribution in [3.63, 3.8) is 0 Å². The summed E-state index contributed by atoms with van der Waals surface area (Å²) in [4.78, 5) is 0. The number of rotatable bonds is 4. The minimum atomic E-state index is -0.815. The summed E-state index contributed by atoms with van der Waals surface area (Å²) in [5, 5.41) is 14.6. The van der Waals surface area contributed by atoms with Crippen LogP contribution < -0.4 is 0 Å². The van der Waals surface area contributed by atoms with Crippen LogP contribution in [0.2, 0.25) is 0 Å². The molecule has 21 heavy (non-hydrogen) atoms. The molecule has 1 N–H and O–H groups in total. The summed E-state index contributed by atoms with van der Waals surface area (Å²) in [5.41, 5.74) is 2.00. The molecule has 0 spiro atoms. The summed E-state index contributed by atoms with van der Waals surface area (Å²) >= 11 is 0. The fourth-order valence-corrected chi connectivity index (χ4v) is 2.33. The Labute approximate surface area is 122 Å². The van der Waals surface area contributed by atoms with Gasteiger partial charge >= 0.3 is 0 Å². The average Bonchev–Trinajstić information content (AvgIpc) is 3.00. The van der Waals surface area contributed by atoms with E-state index in [-0.39, 0.29) is 12.2 Å². The van der Waals surface area contributed by atoms with E-state index in [1.165, 1.54) is 6.07 Å². The first-order chi connectivity index (χ1) is 10.3. The van der Waals surface area contributed by atoms with Gasteiger partial charge in [-0.15, -0.1) is 0 Å². The van der Waals surface area contributed by atoms with Crippen LogP contribution in [0.3, 0.4) is 0 Å². The quantitative estimate of drug-likeness (QED) is 0.797. The van der Waals surface area contributed by atoms with Crippen LogP contribution in [0.25, 0.3) is 5.69 Å². The van der Waals surface area contributed by atoms with Gasteiger partial charge < -0.3 is 5.11 Å². The second kappa shape index (κ2) is 5.89. The highest BCUT2D eigenvalue weighted by atomic mass is 19.1. The lowest BCUT2D eigenvalue weighted by molar-refractivity contribution is 0.169. The van der Waals surface area contributed by atoms with Crippen molar-refractivity contribution in [2.75, 3.05) is 0 Å². The summed E-state index contributed by atoms with van der Waals surface area (Å²) in [6, 6.07) is 17.8. The Balaban J connectivity index is 1.88. The van der Waals surface area contributed by atoms with Gasteiger partial charge in [0.15, 0.2) is 0 Å². The van der Waals surface area contributed by atoms with Gasteiger partial charge in [-0.3, -0.25) is 0 Å². The number of aliphatic hydroxyl groups is 1. The van der Waals surface area contributed by atoms with Crippen LogP contribution in [0.1, 0.15) is 17.4 Å². The zero-order valence-corrected chi connectivity index (χ0v) is 11.4. The molecule has 0 aliphatic rings. The predicted molar refractivity (Wildman–Crippen MR) is 78.6 cm³/mol. The van der Waals surface area contributed by atoms with Crippen molar-refractivity contribution in [3.8, 4) is 5.69 Å². The van der Waals surface area contributed by atoms with Gasteiger partial charge in [-0.25, -0.2) is 9.07 Å². The van der Waals surface area contributed by atoms with E-state index in [4.69, 9.17) is 0 Å². The van der Waals surface area contributed by atoms with Crippen molar-refractivity contribution in [2.24, 2.45) is 0 Å². The number of nitrogens with zero attached hydrogens (tertiary/aromatic N) is 2. The number of halogens is 1. The molecule has 106 valence electrons. The molecular formula is C17H15FN2O. The Morgan fingerprint density at radius 2 is 1.71 bits per heavy atom. The largest absolute Gasteiger partial charge is 0.386 e. The molecular weight excluding hydrogens is 267 g/mol. The molecule has 0 fully saturated rings. The van der Waals surface area contributed by atoms with E-state index in [1.807, 2.05) is 30.3 Å². The van der Waals surface area contributed by atoms with Crippen molar-refractivity contribution in [1.82, 2.24) is 9.78 Å². The highest BCUT2D eigenvalue weighted by Crippen LogP contribution is 2.22. The monoisotopic (exact) mass is 282 g/mol. The summed E-state index contributed by atoms with van der Waals surface area (Å²) in [7, 11) is 0. The number of aromatic nitrogens is 2. The van der Waals surface area contributed by atoms with Gasteiger partial charge in [0.1, 0.15) is 11.9 Å². The first-order valence-corrected chi connectivity index (χ1v) is 6.76. The van der Waals surface area contributed by atoms with Crippen molar-refractivity contribution in [1.29, 1.82) is 0 Å². The molecule has 0 saturated heterocycles. The third kappa shape index (κ3) is 2.85. The summed E-state index contributed by atoms with van der Waals surface area (Å²) < 4.78 is 15.4. The molecule has 0 aliphatic heterocycles. The van der Waals surface area contributed by atoms with E-state index >= 15 is 0 Å². The van der Waals surface area contributed by atoms with Crippen molar-refractivity contribution in [2.45, 2.75) is 12.5 Å². The maximum atomic E-state index is 13.7. The summed E-state index contributed by atoms with van der Waals surface area (Å²) in [6.45, 7) is 0. The van der Waals surface area contributed by atoms with Crippen LogP contribution in [0.5, 0.6) is 0 Å². The Morgan fingerprint density at radius 1 is 1.00 bits per heavy atom. The summed E-state index contributed by atoms with van der Waals surface area (Å²) in [6.07, 6.45) is 1.03. The number of para-hydroxylation sites is 1. The molecule has 1 aromatic heterocycles. The Hall–Kier alpha value is -2.46. The lowest BCUT2D eigenvalue weighted by Crippen LogP contribution is -2.10. The van der Waals surface area contributed by atoms with Crippen LogP contribution in [0.15, 0.2) is 66.9 Å². The van der Waals surface area contributed by atoms with E-state index in [0.29, 0.717) is 11.3 Å². The topological polar surface area (TPSA) is 38.1 Å². The first kappa shape index (κ1) is 13.5. The zero-order valence-electron chi connectivity index (χ0n) is 11.4. The Kier molecular flexibility index (Phi) is 3.79. The van der Waals surface area contributed by atoms with Crippen molar-refractivity contribution in [3.05, 3.63) is 83.9 Å². The number of hydrogen-bond donors (Lipinski definition) is 1. The normalized spacial score (nSPS) is 12.3.